The summed E-state index contributed by atoms with van der Waals surface area (Å²) in [5.41, 5.74) is 1.41. The number of aromatic nitrogens is 3. The number of nitrogens with zero attached hydrogens (tertiary/aromatic N) is 4. The van der Waals surface area contributed by atoms with Gasteiger partial charge in [-0.2, -0.15) is 5.10 Å². The van der Waals surface area contributed by atoms with Gasteiger partial charge in [0.15, 0.2) is 0 Å². The van der Waals surface area contributed by atoms with Gasteiger partial charge in [0.05, 0.1) is 12.8 Å². The molecule has 0 saturated carbocycles. The van der Waals surface area contributed by atoms with Crippen LogP contribution in [-0.2, 0) is 7.05 Å². The van der Waals surface area contributed by atoms with Gasteiger partial charge in [-0.25, -0.2) is 8.91 Å². The predicted molar refractivity (Wildman–Crippen MR) is 94.7 cm³/mol. The van der Waals surface area contributed by atoms with Crippen LogP contribution in [0.3, 0.4) is 0 Å². The Kier molecular flexibility index (Phi) is 4.36. The molecule has 1 amide bonds. The Hall–Kier alpha value is -2.83. The quantitative estimate of drug-likeness (QED) is 0.722. The van der Waals surface area contributed by atoms with Crippen molar-refractivity contribution in [2.45, 2.75) is 12.8 Å². The van der Waals surface area contributed by atoms with E-state index in [1.165, 1.54) is 12.1 Å². The van der Waals surface area contributed by atoms with Gasteiger partial charge < -0.3 is 14.2 Å². The molecule has 0 spiro atoms. The molecule has 1 atom stereocenters. The molecule has 1 aromatic carbocycles. The number of aryl methyl sites for hydroxylation is 1. The van der Waals surface area contributed by atoms with E-state index in [-0.39, 0.29) is 17.6 Å². The molecule has 3 aromatic rings. The van der Waals surface area contributed by atoms with Crippen LogP contribution in [0.4, 0.5) is 4.39 Å². The third-order valence-electron chi connectivity index (χ3n) is 4.85. The van der Waals surface area contributed by atoms with Crippen LogP contribution in [0.15, 0.2) is 42.9 Å². The summed E-state index contributed by atoms with van der Waals surface area (Å²) in [6, 6.07) is 6.15. The van der Waals surface area contributed by atoms with Crippen molar-refractivity contribution in [1.82, 2.24) is 19.1 Å². The van der Waals surface area contributed by atoms with E-state index in [4.69, 9.17) is 4.74 Å². The lowest BCUT2D eigenvalue weighted by molar-refractivity contribution is 0.0635. The summed E-state index contributed by atoms with van der Waals surface area (Å²) in [6.07, 6.45) is 7.26. The number of ether oxygens (including phenoxy) is 1. The monoisotopic (exact) mass is 356 g/mol. The lowest BCUT2D eigenvalue weighted by atomic mass is 9.98. The van der Waals surface area contributed by atoms with Crippen LogP contribution in [0.25, 0.3) is 5.65 Å². The first kappa shape index (κ1) is 16.6. The van der Waals surface area contributed by atoms with Gasteiger partial charge >= 0.3 is 0 Å². The van der Waals surface area contributed by atoms with Gasteiger partial charge in [-0.15, -0.1) is 0 Å². The molecule has 1 fully saturated rings. The molecule has 7 heteroatoms. The van der Waals surface area contributed by atoms with E-state index < -0.39 is 0 Å². The van der Waals surface area contributed by atoms with E-state index in [2.05, 4.69) is 5.10 Å². The van der Waals surface area contributed by atoms with Crippen LogP contribution in [0.1, 0.15) is 23.2 Å². The Morgan fingerprint density at radius 2 is 2.27 bits per heavy atom. The Bertz CT molecular complexity index is 933. The summed E-state index contributed by atoms with van der Waals surface area (Å²) < 4.78 is 22.6. The molecular formula is C19H21FN4O2. The Balaban J connectivity index is 1.43. The maximum absolute atomic E-state index is 13.2. The van der Waals surface area contributed by atoms with Gasteiger partial charge in [0.25, 0.3) is 5.91 Å². The molecule has 2 aromatic heterocycles. The van der Waals surface area contributed by atoms with E-state index in [1.807, 2.05) is 28.9 Å². The number of amides is 1. The standard InChI is InChI=1S/C19H21FN4O2/c1-22-8-9-24-18(22)17(11-21-24)19(25)23-7-3-4-14(12-23)13-26-16-6-2-5-15(20)10-16/h2,5-6,8-11,14H,3-4,7,12-13H2,1H3/t14-/m0/s1. The highest BCUT2D eigenvalue weighted by Crippen LogP contribution is 2.22. The van der Waals surface area contributed by atoms with Crippen LogP contribution >= 0.6 is 0 Å². The fourth-order valence-electron chi connectivity index (χ4n) is 3.53. The largest absolute Gasteiger partial charge is 0.493 e. The van der Waals surface area contributed by atoms with Gasteiger partial charge in [-0.1, -0.05) is 6.07 Å². The molecule has 0 radical (unpaired) electrons. The molecule has 3 heterocycles. The Morgan fingerprint density at radius 3 is 3.12 bits per heavy atom. The highest BCUT2D eigenvalue weighted by molar-refractivity contribution is 5.99. The summed E-state index contributed by atoms with van der Waals surface area (Å²) in [5.74, 6) is 0.444. The lowest BCUT2D eigenvalue weighted by Gasteiger charge is -2.32. The number of likely N-dealkylation sites (tertiary alicyclic amines) is 1. The van der Waals surface area contributed by atoms with Crippen molar-refractivity contribution in [2.75, 3.05) is 19.7 Å². The highest BCUT2D eigenvalue weighted by Gasteiger charge is 2.27. The van der Waals surface area contributed by atoms with Crippen molar-refractivity contribution in [3.8, 4) is 5.75 Å². The van der Waals surface area contributed by atoms with Gasteiger partial charge in [0.1, 0.15) is 22.8 Å². The third-order valence-corrected chi connectivity index (χ3v) is 4.85. The fourth-order valence-corrected chi connectivity index (χ4v) is 3.53. The minimum Gasteiger partial charge on any atom is -0.493 e. The van der Waals surface area contributed by atoms with Crippen LogP contribution in [0, 0.1) is 11.7 Å². The van der Waals surface area contributed by atoms with E-state index >= 15 is 0 Å². The average Bonchev–Trinajstić information content (AvgIpc) is 3.23. The molecule has 1 aliphatic rings. The first-order valence-electron chi connectivity index (χ1n) is 8.78. The number of halogens is 1. The number of carbonyl (C=O) groups excluding carboxylic acids is 1. The molecule has 4 rings (SSSR count). The Morgan fingerprint density at radius 1 is 1.38 bits per heavy atom. The highest BCUT2D eigenvalue weighted by atomic mass is 19.1. The second-order valence-electron chi connectivity index (χ2n) is 6.76. The minimum atomic E-state index is -0.309. The summed E-state index contributed by atoms with van der Waals surface area (Å²) in [5, 5.41) is 4.25. The molecule has 0 unspecified atom stereocenters. The Labute approximate surface area is 150 Å². The van der Waals surface area contributed by atoms with Gasteiger partial charge in [-0.3, -0.25) is 4.79 Å². The lowest BCUT2D eigenvalue weighted by Crippen LogP contribution is -2.41. The van der Waals surface area contributed by atoms with Gasteiger partial charge in [0, 0.05) is 44.5 Å². The molecule has 136 valence electrons. The molecule has 0 N–H and O–H groups in total. The zero-order valence-corrected chi connectivity index (χ0v) is 14.6. The summed E-state index contributed by atoms with van der Waals surface area (Å²) in [7, 11) is 1.90. The smallest absolute Gasteiger partial charge is 0.259 e. The van der Waals surface area contributed by atoms with Crippen molar-refractivity contribution in [3.05, 3.63) is 54.2 Å². The molecule has 0 aliphatic carbocycles. The van der Waals surface area contributed by atoms with Crippen molar-refractivity contribution < 1.29 is 13.9 Å². The maximum Gasteiger partial charge on any atom is 0.259 e. The first-order valence-corrected chi connectivity index (χ1v) is 8.78. The second-order valence-corrected chi connectivity index (χ2v) is 6.76. The SMILES string of the molecule is Cn1ccn2ncc(C(=O)N3CCC[C@H](COc4cccc(F)c4)C3)c12. The number of rotatable bonds is 4. The second kappa shape index (κ2) is 6.82. The van der Waals surface area contributed by atoms with E-state index in [0.29, 0.717) is 24.5 Å². The average molecular weight is 356 g/mol. The number of hydrogen-bond donors (Lipinski definition) is 0. The normalized spacial score (nSPS) is 17.6. The number of fused-ring (bicyclic) bond motifs is 1. The molecule has 1 saturated heterocycles. The van der Waals surface area contributed by atoms with Crippen LogP contribution < -0.4 is 4.74 Å². The first-order chi connectivity index (χ1) is 12.6. The van der Waals surface area contributed by atoms with Crippen molar-refractivity contribution in [3.63, 3.8) is 0 Å². The molecular weight excluding hydrogens is 335 g/mol. The number of hydrogen-bond acceptors (Lipinski definition) is 3. The summed E-state index contributed by atoms with van der Waals surface area (Å²) in [4.78, 5) is 14.8. The summed E-state index contributed by atoms with van der Waals surface area (Å²) in [6.45, 7) is 1.84. The van der Waals surface area contributed by atoms with Crippen LogP contribution in [-0.4, -0.2) is 44.7 Å². The summed E-state index contributed by atoms with van der Waals surface area (Å²) >= 11 is 0. The molecule has 26 heavy (non-hydrogen) atoms. The fraction of sp³-hybridized carbons (Fsp3) is 0.368. The van der Waals surface area contributed by atoms with Crippen LogP contribution in [0.5, 0.6) is 5.75 Å². The topological polar surface area (TPSA) is 51.8 Å². The number of benzene rings is 1. The van der Waals surface area contributed by atoms with Gasteiger partial charge in [-0.05, 0) is 25.0 Å². The molecule has 1 aliphatic heterocycles. The number of piperidine rings is 1. The van der Waals surface area contributed by atoms with Crippen molar-refractivity contribution in [2.24, 2.45) is 13.0 Å². The number of imidazole rings is 1. The predicted octanol–water partition coefficient (Wildman–Crippen LogP) is 2.74. The number of carbonyl (C=O) groups is 1. The van der Waals surface area contributed by atoms with Crippen molar-refractivity contribution >= 4 is 11.6 Å². The molecule has 0 bridgehead atoms. The van der Waals surface area contributed by atoms with Crippen molar-refractivity contribution in [1.29, 1.82) is 0 Å². The van der Waals surface area contributed by atoms with E-state index in [1.54, 1.807) is 22.8 Å². The molecule has 6 nitrogen and oxygen atoms in total. The minimum absolute atomic E-state index is 0.00254. The van der Waals surface area contributed by atoms with E-state index in [9.17, 15) is 9.18 Å². The van der Waals surface area contributed by atoms with E-state index in [0.717, 1.165) is 25.0 Å². The zero-order chi connectivity index (χ0) is 18.1. The van der Waals surface area contributed by atoms with Crippen LogP contribution in [0.2, 0.25) is 0 Å². The van der Waals surface area contributed by atoms with Gasteiger partial charge in [0.2, 0.25) is 0 Å². The third kappa shape index (κ3) is 3.16. The zero-order valence-electron chi connectivity index (χ0n) is 14.6. The maximum atomic E-state index is 13.2.